The molecule has 3 aromatic rings. The van der Waals surface area contributed by atoms with Crippen molar-refractivity contribution in [3.05, 3.63) is 59.3 Å². The van der Waals surface area contributed by atoms with Gasteiger partial charge in [0.25, 0.3) is 11.8 Å². The zero-order valence-corrected chi connectivity index (χ0v) is 31.3. The fraction of sp³-hybridized carbons (Fsp3) is 0.541. The summed E-state index contributed by atoms with van der Waals surface area (Å²) in [6, 6.07) is 3.81. The van der Waals surface area contributed by atoms with Gasteiger partial charge in [0.1, 0.15) is 40.6 Å². The van der Waals surface area contributed by atoms with E-state index in [9.17, 15) is 32.0 Å². The molecule has 2 aromatic heterocycles. The molecular formula is C37H45FN8O7S. The maximum Gasteiger partial charge on any atom is 0.272 e. The molecule has 54 heavy (non-hydrogen) atoms. The third-order valence-electron chi connectivity index (χ3n) is 11.0. The first-order valence-electron chi connectivity index (χ1n) is 18.5. The van der Waals surface area contributed by atoms with Crippen LogP contribution in [0.3, 0.4) is 0 Å². The van der Waals surface area contributed by atoms with E-state index < -0.39 is 73.9 Å². The van der Waals surface area contributed by atoms with Gasteiger partial charge in [0.15, 0.2) is 5.82 Å². The second-order valence-corrected chi connectivity index (χ2v) is 17.3. The van der Waals surface area contributed by atoms with Crippen LogP contribution in [0.25, 0.3) is 11.0 Å². The van der Waals surface area contributed by atoms with Gasteiger partial charge in [0.05, 0.1) is 16.8 Å². The molecule has 4 aliphatic rings. The number of carbonyl (C=O) groups excluding carboxylic acids is 4. The predicted octanol–water partition coefficient (Wildman–Crippen LogP) is 2.90. The molecule has 5 unspecified atom stereocenters. The number of aryl methyl sites for hydroxylation is 2. The molecule has 2 aliphatic heterocycles. The summed E-state index contributed by atoms with van der Waals surface area (Å²) in [6.07, 6.45) is 7.40. The Labute approximate surface area is 312 Å². The molecule has 0 spiro atoms. The molecule has 2 saturated carbocycles. The number of hydrogen-bond acceptors (Lipinski definition) is 10. The van der Waals surface area contributed by atoms with Gasteiger partial charge in [-0.25, -0.2) is 22.8 Å². The zero-order chi connectivity index (χ0) is 38.4. The normalized spacial score (nSPS) is 26.9. The lowest BCUT2D eigenvalue weighted by atomic mass is 10.0. The van der Waals surface area contributed by atoms with Crippen molar-refractivity contribution in [3.63, 3.8) is 0 Å². The highest BCUT2D eigenvalue weighted by molar-refractivity contribution is 7.91. The van der Waals surface area contributed by atoms with Crippen LogP contribution in [0.4, 0.5) is 4.39 Å². The van der Waals surface area contributed by atoms with Crippen molar-refractivity contribution in [3.8, 4) is 5.88 Å². The Kier molecular flexibility index (Phi) is 9.95. The number of nitrogens with zero attached hydrogens (tertiary/aromatic N) is 4. The second-order valence-electron chi connectivity index (χ2n) is 15.1. The minimum Gasteiger partial charge on any atom is -0.471 e. The van der Waals surface area contributed by atoms with Crippen LogP contribution in [0.15, 0.2) is 36.4 Å². The van der Waals surface area contributed by atoms with Crippen LogP contribution in [-0.4, -0.2) is 92.1 Å². The zero-order valence-electron chi connectivity index (χ0n) is 30.5. The van der Waals surface area contributed by atoms with Crippen LogP contribution in [0.1, 0.15) is 93.5 Å². The molecule has 17 heteroatoms. The minimum atomic E-state index is -4.01. The fourth-order valence-electron chi connectivity index (χ4n) is 7.26. The lowest BCUT2D eigenvalue weighted by molar-refractivity contribution is -0.141. The number of rotatable bonds is 8. The summed E-state index contributed by atoms with van der Waals surface area (Å²) in [6.45, 7) is 5.07. The Morgan fingerprint density at radius 2 is 1.94 bits per heavy atom. The Morgan fingerprint density at radius 3 is 2.67 bits per heavy atom. The number of aromatic nitrogens is 4. The summed E-state index contributed by atoms with van der Waals surface area (Å²) in [5.74, 6) is -3.58. The number of amides is 4. The Bertz CT molecular complexity index is 2140. The number of halogens is 1. The third-order valence-corrected chi connectivity index (χ3v) is 13.2. The largest absolute Gasteiger partial charge is 0.471 e. The molecule has 2 aliphatic carbocycles. The van der Waals surface area contributed by atoms with Crippen molar-refractivity contribution in [2.45, 2.75) is 113 Å². The number of nitrogens with one attached hydrogen (secondary N) is 4. The molecule has 7 rings (SSSR count). The Balaban J connectivity index is 1.21. The molecule has 4 heterocycles. The summed E-state index contributed by atoms with van der Waals surface area (Å²) in [5.41, 5.74) is 0.0431. The lowest BCUT2D eigenvalue weighted by Gasteiger charge is -2.30. The smallest absolute Gasteiger partial charge is 0.272 e. The van der Waals surface area contributed by atoms with Gasteiger partial charge in [0.2, 0.25) is 27.7 Å². The maximum absolute atomic E-state index is 14.8. The number of para-hydroxylation sites is 1. The number of benzene rings is 1. The molecule has 3 fully saturated rings. The van der Waals surface area contributed by atoms with Crippen LogP contribution in [0, 0.1) is 18.7 Å². The SMILES string of the molecule is CCc1nc2cccc(F)c2nc1OC1CC2C(=O)NC3(C(=O)NS(=O)(=O)C4(C)CC4)CC3C=CCCCCCC(NC(=O)c3cc(C)[nH]n3)C(=O)N2C1. The minimum absolute atomic E-state index is 0.0125. The monoisotopic (exact) mass is 764 g/mol. The van der Waals surface area contributed by atoms with Crippen molar-refractivity contribution < 1.29 is 36.7 Å². The standard InChI is InChI=1S/C37H45FN8O7S/c1-4-25-33(41-30-24(38)12-10-14-26(30)39-25)53-23-18-29-32(48)42-37(35(50)45-54(51,52)36(3)15-16-36)19-22(37)11-8-6-5-7-9-13-27(34(49)46(29)20-23)40-31(47)28-17-21(2)43-44-28/h8,10-12,14,17,22-23,27,29H,4-7,9,13,15-16,18-20H2,1-3H3,(H,40,47)(H,42,48)(H,43,44)(H,45,50). The van der Waals surface area contributed by atoms with Crippen molar-refractivity contribution >= 4 is 44.7 Å². The van der Waals surface area contributed by atoms with E-state index >= 15 is 0 Å². The molecule has 0 radical (unpaired) electrons. The third kappa shape index (κ3) is 7.29. The van der Waals surface area contributed by atoms with Crippen molar-refractivity contribution in [1.82, 2.24) is 40.4 Å². The van der Waals surface area contributed by atoms with Gasteiger partial charge in [0, 0.05) is 18.0 Å². The van der Waals surface area contributed by atoms with Crippen molar-refractivity contribution in [2.24, 2.45) is 5.92 Å². The van der Waals surface area contributed by atoms with Gasteiger partial charge in [-0.15, -0.1) is 0 Å². The summed E-state index contributed by atoms with van der Waals surface area (Å²) >= 11 is 0. The van der Waals surface area contributed by atoms with Crippen molar-refractivity contribution in [1.29, 1.82) is 0 Å². The number of sulfonamides is 1. The number of hydrogen-bond donors (Lipinski definition) is 4. The number of carbonyl (C=O) groups is 4. The van der Waals surface area contributed by atoms with Crippen LogP contribution in [0.2, 0.25) is 0 Å². The van der Waals surface area contributed by atoms with E-state index in [0.717, 1.165) is 12.8 Å². The van der Waals surface area contributed by atoms with E-state index in [2.05, 4.69) is 35.5 Å². The molecule has 1 saturated heterocycles. The molecule has 4 amide bonds. The van der Waals surface area contributed by atoms with E-state index in [1.807, 2.05) is 19.1 Å². The van der Waals surface area contributed by atoms with Crippen LogP contribution in [0.5, 0.6) is 5.88 Å². The highest BCUT2D eigenvalue weighted by Crippen LogP contribution is 2.47. The highest BCUT2D eigenvalue weighted by atomic mass is 32.2. The van der Waals surface area contributed by atoms with E-state index in [1.54, 1.807) is 26.0 Å². The molecule has 5 atom stereocenters. The summed E-state index contributed by atoms with van der Waals surface area (Å²) in [4.78, 5) is 66.4. The summed E-state index contributed by atoms with van der Waals surface area (Å²) in [5, 5.41) is 12.4. The Morgan fingerprint density at radius 1 is 1.15 bits per heavy atom. The average molecular weight is 765 g/mol. The summed E-state index contributed by atoms with van der Waals surface area (Å²) < 4.78 is 48.5. The average Bonchev–Trinajstić information content (AvgIpc) is 3.94. The maximum atomic E-state index is 14.8. The second kappa shape index (κ2) is 14.4. The van der Waals surface area contributed by atoms with Gasteiger partial charge < -0.3 is 20.3 Å². The molecule has 0 bridgehead atoms. The molecule has 288 valence electrons. The van der Waals surface area contributed by atoms with Crippen LogP contribution in [-0.2, 0) is 30.8 Å². The van der Waals surface area contributed by atoms with E-state index in [-0.39, 0.29) is 42.9 Å². The van der Waals surface area contributed by atoms with Gasteiger partial charge in [-0.05, 0) is 77.0 Å². The van der Waals surface area contributed by atoms with Crippen LogP contribution < -0.4 is 20.1 Å². The van der Waals surface area contributed by atoms with Crippen molar-refractivity contribution in [2.75, 3.05) is 6.54 Å². The quantitative estimate of drug-likeness (QED) is 0.247. The molecular weight excluding hydrogens is 720 g/mol. The Hall–Kier alpha value is -4.93. The fourth-order valence-corrected chi connectivity index (χ4v) is 8.57. The van der Waals surface area contributed by atoms with Gasteiger partial charge in [-0.2, -0.15) is 5.10 Å². The molecule has 15 nitrogen and oxygen atoms in total. The lowest BCUT2D eigenvalue weighted by Crippen LogP contribution is -2.58. The molecule has 1 aromatic carbocycles. The highest BCUT2D eigenvalue weighted by Gasteiger charge is 2.63. The van der Waals surface area contributed by atoms with Gasteiger partial charge in [-0.1, -0.05) is 38.0 Å². The van der Waals surface area contributed by atoms with E-state index in [4.69, 9.17) is 4.74 Å². The van der Waals surface area contributed by atoms with E-state index in [1.165, 1.54) is 17.0 Å². The number of ether oxygens (including phenoxy) is 1. The number of H-pyrrole nitrogens is 1. The molecule has 4 N–H and O–H groups in total. The van der Waals surface area contributed by atoms with E-state index in [0.29, 0.717) is 49.0 Å². The topological polar surface area (TPSA) is 205 Å². The van der Waals surface area contributed by atoms with Gasteiger partial charge >= 0.3 is 0 Å². The summed E-state index contributed by atoms with van der Waals surface area (Å²) in [7, 11) is -4.01. The number of allylic oxidation sites excluding steroid dienone is 1. The number of fused-ring (bicyclic) bond motifs is 3. The number of aromatic amines is 1. The van der Waals surface area contributed by atoms with Gasteiger partial charge in [-0.3, -0.25) is 29.0 Å². The van der Waals surface area contributed by atoms with Crippen LogP contribution >= 0.6 is 0 Å². The first-order valence-corrected chi connectivity index (χ1v) is 20.0. The predicted molar refractivity (Wildman–Crippen MR) is 194 cm³/mol. The first-order chi connectivity index (χ1) is 25.7. The first kappa shape index (κ1) is 37.4.